The zero-order valence-corrected chi connectivity index (χ0v) is 31.2. The summed E-state index contributed by atoms with van der Waals surface area (Å²) in [6, 6.07) is 27.3. The van der Waals surface area contributed by atoms with E-state index in [1.54, 1.807) is 11.7 Å². The van der Waals surface area contributed by atoms with Crippen LogP contribution in [0.2, 0.25) is 18.1 Å². The number of benzene rings is 3. The van der Waals surface area contributed by atoms with Crippen LogP contribution in [0.4, 0.5) is 5.95 Å². The smallest absolute Gasteiger partial charge is 0.497 e. The van der Waals surface area contributed by atoms with Crippen LogP contribution in [0.15, 0.2) is 96.1 Å². The van der Waals surface area contributed by atoms with Gasteiger partial charge in [0.2, 0.25) is 5.95 Å². The second kappa shape index (κ2) is 14.4. The molecular weight excluding hydrogens is 689 g/mol. The van der Waals surface area contributed by atoms with Crippen LogP contribution in [0.25, 0.3) is 11.2 Å². The van der Waals surface area contributed by atoms with Crippen molar-refractivity contribution in [3.63, 3.8) is 0 Å². The number of hydrogen-bond donors (Lipinski definition) is 3. The third-order valence-electron chi connectivity index (χ3n) is 9.77. The molecule has 3 heterocycles. The van der Waals surface area contributed by atoms with Crippen molar-refractivity contribution in [2.45, 2.75) is 69.0 Å². The van der Waals surface area contributed by atoms with Crippen LogP contribution in [0, 0.1) is 0 Å². The molecule has 6 rings (SSSR count). The van der Waals surface area contributed by atoms with Crippen molar-refractivity contribution in [3.05, 3.63) is 118 Å². The van der Waals surface area contributed by atoms with E-state index >= 15 is 0 Å². The lowest BCUT2D eigenvalue weighted by molar-refractivity contribution is -0.108. The number of aromatic nitrogens is 4. The molecule has 5 aromatic rings. The number of rotatable bonds is 12. The second-order valence-electron chi connectivity index (χ2n) is 13.9. The van der Waals surface area contributed by atoms with Gasteiger partial charge in [-0.2, -0.15) is 4.98 Å². The second-order valence-corrected chi connectivity index (χ2v) is 19.4. The zero-order valence-electron chi connectivity index (χ0n) is 29.3. The lowest BCUT2D eigenvalue weighted by Crippen LogP contribution is -2.51. The average molecular weight is 733 g/mol. The van der Waals surface area contributed by atoms with Gasteiger partial charge in [-0.25, -0.2) is 4.98 Å². The Morgan fingerprint density at radius 3 is 2.10 bits per heavy atom. The van der Waals surface area contributed by atoms with E-state index in [2.05, 4.69) is 48.8 Å². The third kappa shape index (κ3) is 7.13. The lowest BCUT2D eigenvalue weighted by Gasteiger charge is -2.43. The SMILES string of the molecule is COc1ccc(C(O[C@@H]2[C@@H](CO[P+](=O)O)OC(n3cnc4c(=O)[nH]c(N)nc43)[C@@H]2O[Si](C)(C)C(C)(C)C)(c2ccccc2)c2ccccc2)cc1. The summed E-state index contributed by atoms with van der Waals surface area (Å²) < 4.78 is 46.0. The maximum absolute atomic E-state index is 12.8. The topological polar surface area (TPSA) is 173 Å². The van der Waals surface area contributed by atoms with E-state index in [1.807, 2.05) is 84.9 Å². The molecule has 0 radical (unpaired) electrons. The first-order chi connectivity index (χ1) is 24.2. The molecule has 51 heavy (non-hydrogen) atoms. The summed E-state index contributed by atoms with van der Waals surface area (Å²) in [6.45, 7) is 10.3. The molecule has 1 saturated heterocycles. The molecule has 2 unspecified atom stereocenters. The fourth-order valence-electron chi connectivity index (χ4n) is 6.20. The molecule has 0 aliphatic carbocycles. The minimum absolute atomic E-state index is 0.0654. The van der Waals surface area contributed by atoms with E-state index < -0.39 is 52.3 Å². The Morgan fingerprint density at radius 2 is 1.55 bits per heavy atom. The number of methoxy groups -OCH3 is 1. The fourth-order valence-corrected chi connectivity index (χ4v) is 7.76. The van der Waals surface area contributed by atoms with E-state index in [4.69, 9.17) is 28.9 Å². The highest BCUT2D eigenvalue weighted by atomic mass is 31.1. The number of aromatic amines is 1. The molecule has 4 N–H and O–H groups in total. The van der Waals surface area contributed by atoms with Crippen molar-refractivity contribution >= 4 is 33.7 Å². The summed E-state index contributed by atoms with van der Waals surface area (Å²) in [5.41, 5.74) is 6.90. The summed E-state index contributed by atoms with van der Waals surface area (Å²) in [7, 11) is -4.00. The first-order valence-electron chi connectivity index (χ1n) is 16.5. The minimum atomic E-state index is -2.99. The first-order valence-corrected chi connectivity index (χ1v) is 20.6. The van der Waals surface area contributed by atoms with Crippen molar-refractivity contribution in [2.24, 2.45) is 0 Å². The Morgan fingerprint density at radius 1 is 0.961 bits per heavy atom. The normalized spacial score (nSPS) is 20.1. The van der Waals surface area contributed by atoms with Crippen LogP contribution in [-0.4, -0.2) is 64.8 Å². The number of nitrogens with two attached hydrogens (primary N) is 1. The van der Waals surface area contributed by atoms with Gasteiger partial charge in [0.15, 0.2) is 25.7 Å². The molecule has 268 valence electrons. The maximum Gasteiger partial charge on any atom is 0.694 e. The predicted octanol–water partition coefficient (Wildman–Crippen LogP) is 6.04. The van der Waals surface area contributed by atoms with Crippen LogP contribution in [0.1, 0.15) is 43.7 Å². The van der Waals surface area contributed by atoms with Gasteiger partial charge in [-0.05, 0) is 47.0 Å². The Balaban J connectivity index is 1.61. The van der Waals surface area contributed by atoms with Crippen LogP contribution in [-0.2, 0) is 28.6 Å². The van der Waals surface area contributed by atoms with Crippen molar-refractivity contribution in [1.29, 1.82) is 0 Å². The highest BCUT2D eigenvalue weighted by molar-refractivity contribution is 7.32. The Bertz CT molecular complexity index is 2000. The number of fused-ring (bicyclic) bond motifs is 1. The molecule has 5 atom stereocenters. The van der Waals surface area contributed by atoms with Crippen LogP contribution in [0.5, 0.6) is 5.75 Å². The standard InChI is InChI=1S/C36H42N5O8PSi/c1-35(2,3)51(5,6)49-30-29(27(21-46-50(43)44)47-33(30)41-22-38-28-31(41)39-34(37)40-32(28)42)48-36(23-13-9-7-10-14-23,24-15-11-8-12-16-24)25-17-19-26(45-4)20-18-25/h7-20,22,27,29-30,33H,21H2,1-6H3,(H3-,37,39,40,42,43,44)/p+1/t27-,29-,30-,33?/m1/s1. The zero-order chi connectivity index (χ0) is 36.6. The van der Waals surface area contributed by atoms with Crippen molar-refractivity contribution in [2.75, 3.05) is 19.5 Å². The maximum atomic E-state index is 12.8. The van der Waals surface area contributed by atoms with Gasteiger partial charge in [0.1, 0.15) is 36.3 Å². The van der Waals surface area contributed by atoms with E-state index in [9.17, 15) is 14.3 Å². The van der Waals surface area contributed by atoms with E-state index in [-0.39, 0.29) is 28.8 Å². The molecule has 1 aliphatic rings. The quantitative estimate of drug-likeness (QED) is 0.0775. The van der Waals surface area contributed by atoms with Crippen LogP contribution in [0.3, 0.4) is 0 Å². The number of nitrogens with zero attached hydrogens (tertiary/aromatic N) is 3. The van der Waals surface area contributed by atoms with Gasteiger partial charge >= 0.3 is 8.25 Å². The Labute approximate surface area is 297 Å². The number of ether oxygens (including phenoxy) is 3. The summed E-state index contributed by atoms with van der Waals surface area (Å²) in [5.74, 6) is 0.578. The van der Waals surface area contributed by atoms with Gasteiger partial charge in [0.05, 0.1) is 13.4 Å². The van der Waals surface area contributed by atoms with Gasteiger partial charge in [0.25, 0.3) is 5.56 Å². The summed E-state index contributed by atoms with van der Waals surface area (Å²) in [4.78, 5) is 33.9. The van der Waals surface area contributed by atoms with Gasteiger partial charge in [0, 0.05) is 4.57 Å². The summed E-state index contributed by atoms with van der Waals surface area (Å²) in [6.07, 6.45) is -2.25. The summed E-state index contributed by atoms with van der Waals surface area (Å²) >= 11 is 0. The molecule has 0 amide bonds. The van der Waals surface area contributed by atoms with Gasteiger partial charge in [-0.3, -0.25) is 14.3 Å². The Hall–Kier alpha value is -4.27. The van der Waals surface area contributed by atoms with E-state index in [0.29, 0.717) is 5.75 Å². The first kappa shape index (κ1) is 36.5. The minimum Gasteiger partial charge on any atom is -0.497 e. The van der Waals surface area contributed by atoms with E-state index in [0.717, 1.165) is 16.7 Å². The number of nitrogen functional groups attached to an aromatic ring is 1. The predicted molar refractivity (Wildman–Crippen MR) is 195 cm³/mol. The summed E-state index contributed by atoms with van der Waals surface area (Å²) in [5, 5.41) is -0.242. The molecule has 15 heteroatoms. The molecule has 3 aromatic carbocycles. The highest BCUT2D eigenvalue weighted by Crippen LogP contribution is 2.48. The average Bonchev–Trinajstić information content (AvgIpc) is 3.67. The lowest BCUT2D eigenvalue weighted by atomic mass is 9.79. The molecule has 1 fully saturated rings. The fraction of sp³-hybridized carbons (Fsp3) is 0.361. The van der Waals surface area contributed by atoms with Crippen molar-refractivity contribution < 1.29 is 32.6 Å². The van der Waals surface area contributed by atoms with Gasteiger partial charge in [-0.1, -0.05) is 93.6 Å². The molecule has 2 aromatic heterocycles. The third-order valence-corrected chi connectivity index (χ3v) is 14.6. The van der Waals surface area contributed by atoms with Crippen LogP contribution < -0.4 is 16.0 Å². The molecule has 0 bridgehead atoms. The molecule has 0 spiro atoms. The molecule has 0 saturated carbocycles. The largest absolute Gasteiger partial charge is 0.694 e. The molecular formula is C36H43N5O8PSi+. The van der Waals surface area contributed by atoms with Gasteiger partial charge in [-0.15, -0.1) is 9.42 Å². The van der Waals surface area contributed by atoms with Crippen molar-refractivity contribution in [3.8, 4) is 5.75 Å². The molecule has 1 aliphatic heterocycles. The van der Waals surface area contributed by atoms with Crippen LogP contribution >= 0.6 is 8.25 Å². The van der Waals surface area contributed by atoms with Crippen molar-refractivity contribution in [1.82, 2.24) is 19.5 Å². The molecule has 13 nitrogen and oxygen atoms in total. The Kier molecular flexibility index (Phi) is 10.3. The number of H-pyrrole nitrogens is 1. The number of hydrogen-bond acceptors (Lipinski definition) is 10. The van der Waals surface area contributed by atoms with Gasteiger partial charge < -0.3 is 24.4 Å². The number of anilines is 1. The highest BCUT2D eigenvalue weighted by Gasteiger charge is 2.56. The van der Waals surface area contributed by atoms with E-state index in [1.165, 1.54) is 6.33 Å². The number of nitrogens with one attached hydrogen (secondary N) is 1. The monoisotopic (exact) mass is 732 g/mol. The number of imidazole rings is 1.